The Labute approximate surface area is 94.8 Å². The second-order valence-electron chi connectivity index (χ2n) is 3.88. The minimum Gasteiger partial charge on any atom is -0.308 e. The normalized spacial score (nSPS) is 16.9. The van der Waals surface area contributed by atoms with E-state index in [0.717, 1.165) is 22.5 Å². The van der Waals surface area contributed by atoms with Gasteiger partial charge in [-0.3, -0.25) is 0 Å². The SMILES string of the molecule is NNc1cccc(CSC2CCCC2)n1. The van der Waals surface area contributed by atoms with Crippen LogP contribution in [0.3, 0.4) is 0 Å². The van der Waals surface area contributed by atoms with Crippen LogP contribution in [0.4, 0.5) is 5.82 Å². The summed E-state index contributed by atoms with van der Waals surface area (Å²) in [5, 5.41) is 0.848. The van der Waals surface area contributed by atoms with Crippen LogP contribution >= 0.6 is 11.8 Å². The molecule has 1 fully saturated rings. The lowest BCUT2D eigenvalue weighted by atomic mass is 10.4. The highest BCUT2D eigenvalue weighted by Gasteiger charge is 2.15. The molecule has 0 radical (unpaired) electrons. The zero-order valence-corrected chi connectivity index (χ0v) is 9.59. The van der Waals surface area contributed by atoms with Crippen LogP contribution in [0.25, 0.3) is 0 Å². The summed E-state index contributed by atoms with van der Waals surface area (Å²) >= 11 is 2.03. The van der Waals surface area contributed by atoms with Gasteiger partial charge in [0.1, 0.15) is 5.82 Å². The van der Waals surface area contributed by atoms with E-state index in [0.29, 0.717) is 0 Å². The predicted molar refractivity (Wildman–Crippen MR) is 65.6 cm³/mol. The van der Waals surface area contributed by atoms with Crippen molar-refractivity contribution < 1.29 is 0 Å². The molecule has 1 saturated carbocycles. The number of anilines is 1. The van der Waals surface area contributed by atoms with Crippen LogP contribution < -0.4 is 11.3 Å². The van der Waals surface area contributed by atoms with Crippen molar-refractivity contribution in [3.63, 3.8) is 0 Å². The van der Waals surface area contributed by atoms with E-state index in [9.17, 15) is 0 Å². The number of nitrogens with one attached hydrogen (secondary N) is 1. The summed E-state index contributed by atoms with van der Waals surface area (Å²) in [6, 6.07) is 5.93. The third-order valence-electron chi connectivity index (χ3n) is 2.72. The molecule has 1 aliphatic rings. The summed E-state index contributed by atoms with van der Waals surface area (Å²) in [7, 11) is 0. The van der Waals surface area contributed by atoms with Crippen molar-refractivity contribution in [3.8, 4) is 0 Å². The Morgan fingerprint density at radius 1 is 1.40 bits per heavy atom. The van der Waals surface area contributed by atoms with E-state index in [1.165, 1.54) is 25.7 Å². The van der Waals surface area contributed by atoms with Crippen molar-refractivity contribution >= 4 is 17.6 Å². The third kappa shape index (κ3) is 3.11. The molecule has 15 heavy (non-hydrogen) atoms. The molecule has 0 spiro atoms. The van der Waals surface area contributed by atoms with Crippen LogP contribution in [-0.2, 0) is 5.75 Å². The number of nitrogen functional groups attached to an aromatic ring is 1. The van der Waals surface area contributed by atoms with Gasteiger partial charge >= 0.3 is 0 Å². The Hall–Kier alpha value is -0.740. The maximum Gasteiger partial charge on any atom is 0.140 e. The van der Waals surface area contributed by atoms with E-state index in [2.05, 4.69) is 16.5 Å². The minimum absolute atomic E-state index is 0.750. The van der Waals surface area contributed by atoms with Crippen LogP contribution in [0.15, 0.2) is 18.2 Å². The maximum absolute atomic E-state index is 5.32. The standard InChI is InChI=1S/C11H17N3S/c12-14-11-7-3-4-9(13-11)8-15-10-5-1-2-6-10/h3-4,7,10H,1-2,5-6,8,12H2,(H,13,14). The molecule has 0 aromatic carbocycles. The zero-order chi connectivity index (χ0) is 10.5. The molecule has 0 atom stereocenters. The highest BCUT2D eigenvalue weighted by molar-refractivity contribution is 7.99. The van der Waals surface area contributed by atoms with Crippen molar-refractivity contribution in [2.45, 2.75) is 36.7 Å². The summed E-state index contributed by atoms with van der Waals surface area (Å²) in [6.07, 6.45) is 5.55. The number of hydrogen-bond acceptors (Lipinski definition) is 4. The molecule has 0 aliphatic heterocycles. The fourth-order valence-electron chi connectivity index (χ4n) is 1.90. The van der Waals surface area contributed by atoms with Crippen LogP contribution in [0, 0.1) is 0 Å². The van der Waals surface area contributed by atoms with Crippen LogP contribution in [0.5, 0.6) is 0 Å². The highest BCUT2D eigenvalue weighted by Crippen LogP contribution is 2.31. The lowest BCUT2D eigenvalue weighted by molar-refractivity contribution is 0.886. The third-order valence-corrected chi connectivity index (χ3v) is 4.13. The zero-order valence-electron chi connectivity index (χ0n) is 8.78. The number of hydrogen-bond donors (Lipinski definition) is 2. The van der Waals surface area contributed by atoms with E-state index in [1.54, 1.807) is 0 Å². The first-order chi connectivity index (χ1) is 7.38. The number of aromatic nitrogens is 1. The number of nitrogens with zero attached hydrogens (tertiary/aromatic N) is 1. The molecule has 3 N–H and O–H groups in total. The van der Waals surface area contributed by atoms with Crippen LogP contribution in [0.2, 0.25) is 0 Å². The van der Waals surface area contributed by atoms with Gasteiger partial charge in [0, 0.05) is 11.0 Å². The Balaban J connectivity index is 1.86. The second kappa shape index (κ2) is 5.37. The Bertz CT molecular complexity index is 310. The van der Waals surface area contributed by atoms with Crippen LogP contribution in [-0.4, -0.2) is 10.2 Å². The second-order valence-corrected chi connectivity index (χ2v) is 5.16. The lowest BCUT2D eigenvalue weighted by Gasteiger charge is -2.08. The summed E-state index contributed by atoms with van der Waals surface area (Å²) in [6.45, 7) is 0. The molecule has 4 heteroatoms. The van der Waals surface area contributed by atoms with E-state index in [4.69, 9.17) is 5.84 Å². The first-order valence-electron chi connectivity index (χ1n) is 5.42. The van der Waals surface area contributed by atoms with Gasteiger partial charge in [0.05, 0.1) is 5.69 Å². The minimum atomic E-state index is 0.750. The fourth-order valence-corrected chi connectivity index (χ4v) is 3.13. The van der Waals surface area contributed by atoms with Gasteiger partial charge in [-0.05, 0) is 25.0 Å². The topological polar surface area (TPSA) is 50.9 Å². The van der Waals surface area contributed by atoms with Gasteiger partial charge in [-0.2, -0.15) is 11.8 Å². The molecule has 1 heterocycles. The number of thioether (sulfide) groups is 1. The summed E-state index contributed by atoms with van der Waals surface area (Å²) < 4.78 is 0. The number of nitrogens with two attached hydrogens (primary N) is 1. The molecule has 0 amide bonds. The molecular formula is C11H17N3S. The first-order valence-corrected chi connectivity index (χ1v) is 6.47. The van der Waals surface area contributed by atoms with E-state index < -0.39 is 0 Å². The van der Waals surface area contributed by atoms with Crippen LogP contribution in [0.1, 0.15) is 31.4 Å². The van der Waals surface area contributed by atoms with Crippen molar-refractivity contribution in [1.29, 1.82) is 0 Å². The van der Waals surface area contributed by atoms with Gasteiger partial charge in [0.2, 0.25) is 0 Å². The molecule has 0 bridgehead atoms. The van der Waals surface area contributed by atoms with Gasteiger partial charge in [0.15, 0.2) is 0 Å². The summed E-state index contributed by atoms with van der Waals surface area (Å²) in [5.41, 5.74) is 3.69. The molecule has 82 valence electrons. The Kier molecular flexibility index (Phi) is 3.86. The first kappa shape index (κ1) is 10.8. The molecule has 3 nitrogen and oxygen atoms in total. The maximum atomic E-state index is 5.32. The molecule has 1 aromatic heterocycles. The van der Waals surface area contributed by atoms with Gasteiger partial charge in [-0.25, -0.2) is 10.8 Å². The predicted octanol–water partition coefficient (Wildman–Crippen LogP) is 2.54. The smallest absolute Gasteiger partial charge is 0.140 e. The lowest BCUT2D eigenvalue weighted by Crippen LogP contribution is -2.09. The average molecular weight is 223 g/mol. The average Bonchev–Trinajstić information content (AvgIpc) is 2.79. The summed E-state index contributed by atoms with van der Waals surface area (Å²) in [5.74, 6) is 7.07. The van der Waals surface area contributed by atoms with Crippen molar-refractivity contribution in [2.75, 3.05) is 5.43 Å². The van der Waals surface area contributed by atoms with Gasteiger partial charge < -0.3 is 5.43 Å². The number of hydrazine groups is 1. The Morgan fingerprint density at radius 3 is 2.93 bits per heavy atom. The Morgan fingerprint density at radius 2 is 2.20 bits per heavy atom. The monoisotopic (exact) mass is 223 g/mol. The molecule has 1 aliphatic carbocycles. The van der Waals surface area contributed by atoms with Gasteiger partial charge in [0.25, 0.3) is 0 Å². The molecule has 1 aromatic rings. The van der Waals surface area contributed by atoms with Gasteiger partial charge in [-0.15, -0.1) is 0 Å². The van der Waals surface area contributed by atoms with E-state index in [1.807, 2.05) is 23.9 Å². The van der Waals surface area contributed by atoms with Crippen molar-refractivity contribution in [1.82, 2.24) is 4.98 Å². The molecule has 0 unspecified atom stereocenters. The van der Waals surface area contributed by atoms with Crippen molar-refractivity contribution in [2.24, 2.45) is 5.84 Å². The molecule has 2 rings (SSSR count). The fraction of sp³-hybridized carbons (Fsp3) is 0.545. The number of pyridine rings is 1. The molecular weight excluding hydrogens is 206 g/mol. The van der Waals surface area contributed by atoms with E-state index in [-0.39, 0.29) is 0 Å². The van der Waals surface area contributed by atoms with Gasteiger partial charge in [-0.1, -0.05) is 18.9 Å². The van der Waals surface area contributed by atoms with E-state index >= 15 is 0 Å². The largest absolute Gasteiger partial charge is 0.308 e. The molecule has 0 saturated heterocycles. The quantitative estimate of drug-likeness (QED) is 0.608. The van der Waals surface area contributed by atoms with Crippen molar-refractivity contribution in [3.05, 3.63) is 23.9 Å². The highest BCUT2D eigenvalue weighted by atomic mass is 32.2. The number of rotatable bonds is 4. The summed E-state index contributed by atoms with van der Waals surface area (Å²) in [4.78, 5) is 4.40.